The Bertz CT molecular complexity index is 904. The van der Waals surface area contributed by atoms with Crippen LogP contribution in [0.4, 0.5) is 5.00 Å². The maximum atomic E-state index is 12.3. The number of hydrogen-bond acceptors (Lipinski definition) is 6. The predicted octanol–water partition coefficient (Wildman–Crippen LogP) is 3.27. The minimum Gasteiger partial charge on any atom is -0.462 e. The van der Waals surface area contributed by atoms with Gasteiger partial charge in [-0.2, -0.15) is 5.10 Å². The molecule has 0 saturated carbocycles. The summed E-state index contributed by atoms with van der Waals surface area (Å²) in [4.78, 5) is 36.6. The third kappa shape index (κ3) is 5.50. The van der Waals surface area contributed by atoms with Crippen molar-refractivity contribution in [3.8, 4) is 0 Å². The second-order valence-corrected chi connectivity index (χ2v) is 7.08. The third-order valence-electron chi connectivity index (χ3n) is 3.80. The maximum Gasteiger partial charge on any atom is 0.341 e. The van der Waals surface area contributed by atoms with Gasteiger partial charge in [0.05, 0.1) is 29.2 Å². The van der Waals surface area contributed by atoms with Gasteiger partial charge in [-0.25, -0.2) is 10.2 Å². The topological polar surface area (TPSA) is 96.9 Å². The number of rotatable bonds is 7. The summed E-state index contributed by atoms with van der Waals surface area (Å²) in [7, 11) is 0. The second kappa shape index (κ2) is 9.80. The Morgan fingerprint density at radius 1 is 1.14 bits per heavy atom. The van der Waals surface area contributed by atoms with E-state index in [1.54, 1.807) is 20.8 Å². The summed E-state index contributed by atoms with van der Waals surface area (Å²) >= 11 is 1.22. The van der Waals surface area contributed by atoms with Gasteiger partial charge in [-0.05, 0) is 31.9 Å². The summed E-state index contributed by atoms with van der Waals surface area (Å²) in [6.07, 6.45) is 0.215. The number of nitrogens with one attached hydrogen (secondary N) is 2. The molecule has 0 atom stereocenters. The normalized spacial score (nSPS) is 11.1. The molecule has 0 unspecified atom stereocenters. The van der Waals surface area contributed by atoms with Crippen molar-refractivity contribution in [2.45, 2.75) is 34.1 Å². The molecular formula is C20H23N3O4S. The van der Waals surface area contributed by atoms with E-state index in [9.17, 15) is 14.4 Å². The Balaban J connectivity index is 2.22. The van der Waals surface area contributed by atoms with E-state index in [0.717, 1.165) is 5.56 Å². The molecule has 8 heteroatoms. The van der Waals surface area contributed by atoms with Gasteiger partial charge in [0.15, 0.2) is 0 Å². The van der Waals surface area contributed by atoms with Crippen molar-refractivity contribution in [1.29, 1.82) is 0 Å². The first-order valence-corrected chi connectivity index (χ1v) is 9.60. The summed E-state index contributed by atoms with van der Waals surface area (Å²) in [5.74, 6) is -1.04. The molecule has 28 heavy (non-hydrogen) atoms. The van der Waals surface area contributed by atoms with Crippen LogP contribution in [0.1, 0.15) is 47.1 Å². The van der Waals surface area contributed by atoms with Gasteiger partial charge in [-0.15, -0.1) is 11.3 Å². The zero-order valence-electron chi connectivity index (χ0n) is 16.3. The Morgan fingerprint density at radius 3 is 2.43 bits per heavy atom. The van der Waals surface area contributed by atoms with Gasteiger partial charge >= 0.3 is 5.97 Å². The average molecular weight is 401 g/mol. The fourth-order valence-corrected chi connectivity index (χ4v) is 3.76. The Morgan fingerprint density at radius 2 is 1.82 bits per heavy atom. The number of thiophene rings is 1. The first kappa shape index (κ1) is 21.3. The Hall–Kier alpha value is -3.00. The lowest BCUT2D eigenvalue weighted by Crippen LogP contribution is -2.21. The highest BCUT2D eigenvalue weighted by atomic mass is 32.1. The van der Waals surface area contributed by atoms with Crippen molar-refractivity contribution in [2.75, 3.05) is 11.9 Å². The summed E-state index contributed by atoms with van der Waals surface area (Å²) < 4.78 is 5.10. The quantitative estimate of drug-likeness (QED) is 0.423. The van der Waals surface area contributed by atoms with E-state index in [1.165, 1.54) is 18.3 Å². The standard InChI is InChI=1S/C20H23N3O4S/c1-5-27-20(26)17-12(2)18(28-19(17)21-14(4)24)13(3)22-23-16(25)11-15-9-7-6-8-10-15/h6-10H,5,11H2,1-4H3,(H,21,24)(H,23,25). The molecule has 0 aliphatic carbocycles. The highest BCUT2D eigenvalue weighted by molar-refractivity contribution is 7.18. The minimum absolute atomic E-state index is 0.215. The van der Waals surface area contributed by atoms with Crippen LogP contribution < -0.4 is 10.7 Å². The lowest BCUT2D eigenvalue weighted by molar-refractivity contribution is -0.120. The van der Waals surface area contributed by atoms with Crippen LogP contribution in [-0.4, -0.2) is 30.1 Å². The van der Waals surface area contributed by atoms with Crippen molar-refractivity contribution >= 4 is 39.8 Å². The highest BCUT2D eigenvalue weighted by Crippen LogP contribution is 2.34. The van der Waals surface area contributed by atoms with Crippen molar-refractivity contribution in [3.63, 3.8) is 0 Å². The molecule has 0 fully saturated rings. The molecule has 0 radical (unpaired) electrons. The SMILES string of the molecule is CCOC(=O)c1c(NC(C)=O)sc(C(C)=NNC(=O)Cc2ccccc2)c1C. The fraction of sp³-hybridized carbons (Fsp3) is 0.300. The number of hydrogen-bond donors (Lipinski definition) is 2. The molecular weight excluding hydrogens is 378 g/mol. The number of esters is 1. The van der Waals surface area contributed by atoms with E-state index in [2.05, 4.69) is 15.8 Å². The molecule has 1 aromatic heterocycles. The smallest absolute Gasteiger partial charge is 0.341 e. The number of carbonyl (C=O) groups is 3. The van der Waals surface area contributed by atoms with E-state index in [-0.39, 0.29) is 24.8 Å². The predicted molar refractivity (Wildman–Crippen MR) is 110 cm³/mol. The number of nitrogens with zero attached hydrogens (tertiary/aromatic N) is 1. The molecule has 2 N–H and O–H groups in total. The van der Waals surface area contributed by atoms with Gasteiger partial charge in [0.25, 0.3) is 0 Å². The average Bonchev–Trinajstić information content (AvgIpc) is 2.96. The minimum atomic E-state index is -0.507. The number of carbonyl (C=O) groups excluding carboxylic acids is 3. The van der Waals surface area contributed by atoms with Crippen LogP contribution in [0.25, 0.3) is 0 Å². The van der Waals surface area contributed by atoms with E-state index >= 15 is 0 Å². The van der Waals surface area contributed by atoms with Crippen molar-refractivity contribution in [2.24, 2.45) is 5.10 Å². The summed E-state index contributed by atoms with van der Waals surface area (Å²) in [5, 5.41) is 7.22. The lowest BCUT2D eigenvalue weighted by Gasteiger charge is -2.05. The van der Waals surface area contributed by atoms with E-state index in [1.807, 2.05) is 30.3 Å². The van der Waals surface area contributed by atoms with Crippen molar-refractivity contribution < 1.29 is 19.1 Å². The van der Waals surface area contributed by atoms with Gasteiger partial charge in [-0.1, -0.05) is 30.3 Å². The molecule has 2 rings (SSSR count). The molecule has 1 heterocycles. The number of anilines is 1. The second-order valence-electron chi connectivity index (χ2n) is 6.06. The van der Waals surface area contributed by atoms with Crippen LogP contribution in [-0.2, 0) is 20.7 Å². The highest BCUT2D eigenvalue weighted by Gasteiger charge is 2.24. The molecule has 0 aliphatic rings. The fourth-order valence-electron chi connectivity index (χ4n) is 2.57. The molecule has 1 aromatic carbocycles. The number of hydrazone groups is 1. The van der Waals surface area contributed by atoms with Crippen LogP contribution in [0.5, 0.6) is 0 Å². The van der Waals surface area contributed by atoms with Gasteiger partial charge in [0.2, 0.25) is 11.8 Å². The first-order chi connectivity index (χ1) is 13.3. The van der Waals surface area contributed by atoms with Crippen LogP contribution in [0.15, 0.2) is 35.4 Å². The van der Waals surface area contributed by atoms with Gasteiger partial charge in [0.1, 0.15) is 5.00 Å². The van der Waals surface area contributed by atoms with Crippen LogP contribution in [0.3, 0.4) is 0 Å². The van der Waals surface area contributed by atoms with Gasteiger partial charge in [0, 0.05) is 6.92 Å². The van der Waals surface area contributed by atoms with E-state index < -0.39 is 5.97 Å². The summed E-state index contributed by atoms with van der Waals surface area (Å²) in [6, 6.07) is 9.35. The lowest BCUT2D eigenvalue weighted by atomic mass is 10.1. The van der Waals surface area contributed by atoms with E-state index in [0.29, 0.717) is 26.7 Å². The van der Waals surface area contributed by atoms with E-state index in [4.69, 9.17) is 4.74 Å². The zero-order chi connectivity index (χ0) is 20.7. The number of ether oxygens (including phenoxy) is 1. The number of amides is 2. The molecule has 7 nitrogen and oxygen atoms in total. The first-order valence-electron chi connectivity index (χ1n) is 8.79. The molecule has 0 bridgehead atoms. The van der Waals surface area contributed by atoms with Crippen LogP contribution in [0, 0.1) is 6.92 Å². The Labute approximate surface area is 167 Å². The summed E-state index contributed by atoms with van der Waals surface area (Å²) in [5.41, 5.74) is 4.90. The largest absolute Gasteiger partial charge is 0.462 e. The summed E-state index contributed by atoms with van der Waals surface area (Å²) in [6.45, 7) is 6.80. The van der Waals surface area contributed by atoms with Crippen LogP contribution in [0.2, 0.25) is 0 Å². The Kier molecular flexibility index (Phi) is 7.45. The molecule has 2 aromatic rings. The molecule has 148 valence electrons. The van der Waals surface area contributed by atoms with Crippen molar-refractivity contribution in [3.05, 3.63) is 51.9 Å². The van der Waals surface area contributed by atoms with Gasteiger partial charge in [-0.3, -0.25) is 9.59 Å². The number of benzene rings is 1. The van der Waals surface area contributed by atoms with Gasteiger partial charge < -0.3 is 10.1 Å². The molecule has 2 amide bonds. The van der Waals surface area contributed by atoms with Crippen LogP contribution >= 0.6 is 11.3 Å². The molecule has 0 aliphatic heterocycles. The molecule has 0 spiro atoms. The van der Waals surface area contributed by atoms with Crippen molar-refractivity contribution in [1.82, 2.24) is 5.43 Å². The maximum absolute atomic E-state index is 12.3. The third-order valence-corrected chi connectivity index (χ3v) is 5.12. The molecule has 0 saturated heterocycles. The zero-order valence-corrected chi connectivity index (χ0v) is 17.1. The monoisotopic (exact) mass is 401 g/mol.